The Morgan fingerprint density at radius 2 is 1.88 bits per heavy atom. The molecule has 1 heterocycles. The predicted octanol–water partition coefficient (Wildman–Crippen LogP) is -2.06. The molecule has 0 bridgehead atoms. The van der Waals surface area contributed by atoms with Crippen LogP contribution >= 0.6 is 0 Å². The van der Waals surface area contributed by atoms with Crippen molar-refractivity contribution in [2.75, 3.05) is 31.1 Å². The van der Waals surface area contributed by atoms with Crippen LogP contribution in [0.15, 0.2) is 18.2 Å². The second-order valence-electron chi connectivity index (χ2n) is 3.82. The number of hydroxylamine groups is 2. The standard InChI is InChI=1S/C11H14FN2O2.K/c12-11-9(8-15)2-1-3-10(11)13-4-6-14(16)7-5-13;/h1-3,15H,4-8H2;/q-1;+1. The van der Waals surface area contributed by atoms with Gasteiger partial charge in [-0.2, -0.15) is 0 Å². The molecule has 0 spiro atoms. The Morgan fingerprint density at radius 3 is 2.47 bits per heavy atom. The molecule has 2 rings (SSSR count). The molecular formula is C11H14FKN2O2. The fourth-order valence-corrected chi connectivity index (χ4v) is 1.86. The van der Waals surface area contributed by atoms with Crippen molar-refractivity contribution in [2.24, 2.45) is 0 Å². The van der Waals surface area contributed by atoms with Crippen molar-refractivity contribution in [3.63, 3.8) is 0 Å². The minimum absolute atomic E-state index is 0. The SMILES string of the molecule is [K+].[O-]N1CCN(c2cccc(CO)c2F)CC1. The van der Waals surface area contributed by atoms with Crippen LogP contribution in [-0.2, 0) is 6.61 Å². The zero-order valence-electron chi connectivity index (χ0n) is 9.90. The van der Waals surface area contributed by atoms with Crippen molar-refractivity contribution < 1.29 is 60.9 Å². The summed E-state index contributed by atoms with van der Waals surface area (Å²) >= 11 is 0. The van der Waals surface area contributed by atoms with Gasteiger partial charge in [-0.15, -0.1) is 0 Å². The summed E-state index contributed by atoms with van der Waals surface area (Å²) in [6, 6.07) is 4.95. The third-order valence-corrected chi connectivity index (χ3v) is 2.81. The number of aliphatic hydroxyl groups excluding tert-OH is 1. The van der Waals surface area contributed by atoms with Crippen LogP contribution in [0, 0.1) is 11.0 Å². The van der Waals surface area contributed by atoms with E-state index >= 15 is 0 Å². The van der Waals surface area contributed by atoms with Crippen LogP contribution in [0.3, 0.4) is 0 Å². The molecule has 0 aliphatic carbocycles. The molecule has 1 saturated heterocycles. The summed E-state index contributed by atoms with van der Waals surface area (Å²) in [5.41, 5.74) is 0.765. The van der Waals surface area contributed by atoms with Gasteiger partial charge in [-0.1, -0.05) is 12.1 Å². The van der Waals surface area contributed by atoms with Crippen LogP contribution < -0.4 is 56.3 Å². The summed E-state index contributed by atoms with van der Waals surface area (Å²) in [6.45, 7) is 1.53. The average Bonchev–Trinajstić information content (AvgIpc) is 2.31. The molecule has 1 aliphatic rings. The van der Waals surface area contributed by atoms with Gasteiger partial charge in [0.05, 0.1) is 12.3 Å². The fourth-order valence-electron chi connectivity index (χ4n) is 1.86. The molecule has 6 heteroatoms. The van der Waals surface area contributed by atoms with Crippen molar-refractivity contribution in [3.05, 3.63) is 34.8 Å². The second-order valence-corrected chi connectivity index (χ2v) is 3.82. The molecular weight excluding hydrogens is 250 g/mol. The van der Waals surface area contributed by atoms with Gasteiger partial charge in [-0.05, 0) is 6.07 Å². The molecule has 0 unspecified atom stereocenters. The Balaban J connectivity index is 0.00000144. The number of nitrogens with zero attached hydrogens (tertiary/aromatic N) is 2. The Morgan fingerprint density at radius 1 is 1.24 bits per heavy atom. The Labute approximate surface area is 142 Å². The number of rotatable bonds is 2. The summed E-state index contributed by atoms with van der Waals surface area (Å²) < 4.78 is 13.9. The maximum atomic E-state index is 13.9. The number of piperazine rings is 1. The molecule has 1 aliphatic heterocycles. The number of halogens is 1. The number of benzene rings is 1. The minimum atomic E-state index is -0.385. The summed E-state index contributed by atoms with van der Waals surface area (Å²) in [5, 5.41) is 20.9. The van der Waals surface area contributed by atoms with E-state index in [1.165, 1.54) is 0 Å². The van der Waals surface area contributed by atoms with Crippen LogP contribution in [0.1, 0.15) is 5.56 Å². The quantitative estimate of drug-likeness (QED) is 0.624. The zero-order chi connectivity index (χ0) is 11.5. The van der Waals surface area contributed by atoms with Gasteiger partial charge < -0.3 is 20.3 Å². The van der Waals surface area contributed by atoms with Crippen molar-refractivity contribution in [1.29, 1.82) is 0 Å². The van der Waals surface area contributed by atoms with Crippen LogP contribution in [0.25, 0.3) is 0 Å². The first kappa shape index (κ1) is 15.5. The first-order valence-electron chi connectivity index (χ1n) is 5.27. The Kier molecular flexibility index (Phi) is 6.53. The third kappa shape index (κ3) is 3.71. The van der Waals surface area contributed by atoms with Crippen molar-refractivity contribution in [1.82, 2.24) is 5.06 Å². The van der Waals surface area contributed by atoms with E-state index in [0.29, 0.717) is 37.4 Å². The summed E-state index contributed by atoms with van der Waals surface area (Å²) in [7, 11) is 0. The molecule has 1 aromatic carbocycles. The van der Waals surface area contributed by atoms with Gasteiger partial charge >= 0.3 is 51.4 Å². The molecule has 4 nitrogen and oxygen atoms in total. The van der Waals surface area contributed by atoms with Gasteiger partial charge in [0.1, 0.15) is 0 Å². The first-order valence-corrected chi connectivity index (χ1v) is 5.27. The van der Waals surface area contributed by atoms with Gasteiger partial charge in [-0.3, -0.25) is 0 Å². The van der Waals surface area contributed by atoms with E-state index < -0.39 is 0 Å². The number of hydrogen-bond donors (Lipinski definition) is 1. The molecule has 0 saturated carbocycles. The molecule has 0 amide bonds. The van der Waals surface area contributed by atoms with E-state index in [0.717, 1.165) is 5.06 Å². The molecule has 0 atom stereocenters. The first-order chi connectivity index (χ1) is 7.72. The summed E-state index contributed by atoms with van der Waals surface area (Å²) in [5.74, 6) is -0.385. The van der Waals surface area contributed by atoms with E-state index in [9.17, 15) is 9.60 Å². The average molecular weight is 264 g/mol. The topological polar surface area (TPSA) is 49.8 Å². The van der Waals surface area contributed by atoms with Crippen LogP contribution in [0.5, 0.6) is 0 Å². The Hall–Kier alpha value is 0.466. The van der Waals surface area contributed by atoms with E-state index in [2.05, 4.69) is 0 Å². The smallest absolute Gasteiger partial charge is 0.785 e. The van der Waals surface area contributed by atoms with E-state index in [1.807, 2.05) is 4.90 Å². The predicted molar refractivity (Wildman–Crippen MR) is 59.5 cm³/mol. The molecule has 1 N–H and O–H groups in total. The Bertz CT molecular complexity index is 370. The van der Waals surface area contributed by atoms with Gasteiger partial charge in [0.15, 0.2) is 5.82 Å². The van der Waals surface area contributed by atoms with E-state index in [-0.39, 0.29) is 63.8 Å². The van der Waals surface area contributed by atoms with E-state index in [4.69, 9.17) is 5.11 Å². The minimum Gasteiger partial charge on any atom is -0.785 e. The molecule has 88 valence electrons. The molecule has 0 aromatic heterocycles. The van der Waals surface area contributed by atoms with Crippen molar-refractivity contribution in [3.8, 4) is 0 Å². The largest absolute Gasteiger partial charge is 1.00 e. The van der Waals surface area contributed by atoms with Crippen molar-refractivity contribution >= 4 is 5.69 Å². The van der Waals surface area contributed by atoms with E-state index in [1.54, 1.807) is 18.2 Å². The van der Waals surface area contributed by atoms with Gasteiger partial charge in [0.25, 0.3) is 0 Å². The van der Waals surface area contributed by atoms with Gasteiger partial charge in [0.2, 0.25) is 0 Å². The zero-order valence-corrected chi connectivity index (χ0v) is 13.0. The maximum absolute atomic E-state index is 13.9. The van der Waals surface area contributed by atoms with Crippen LogP contribution in [0.4, 0.5) is 10.1 Å². The van der Waals surface area contributed by atoms with Crippen LogP contribution in [0.2, 0.25) is 0 Å². The molecule has 1 aromatic rings. The second kappa shape index (κ2) is 7.15. The molecule has 0 radical (unpaired) electrons. The number of hydrogen-bond acceptors (Lipinski definition) is 4. The van der Waals surface area contributed by atoms with Crippen molar-refractivity contribution in [2.45, 2.75) is 6.61 Å². The summed E-state index contributed by atoms with van der Waals surface area (Å²) in [4.78, 5) is 1.84. The van der Waals surface area contributed by atoms with Gasteiger partial charge in [0, 0.05) is 31.7 Å². The normalized spacial score (nSPS) is 16.8. The summed E-state index contributed by atoms with van der Waals surface area (Å²) in [6.07, 6.45) is 0. The number of anilines is 1. The third-order valence-electron chi connectivity index (χ3n) is 2.81. The molecule has 17 heavy (non-hydrogen) atoms. The van der Waals surface area contributed by atoms with Crippen LogP contribution in [-0.4, -0.2) is 36.3 Å². The van der Waals surface area contributed by atoms with Gasteiger partial charge in [-0.25, -0.2) is 4.39 Å². The fraction of sp³-hybridized carbons (Fsp3) is 0.455. The maximum Gasteiger partial charge on any atom is 1.00 e. The monoisotopic (exact) mass is 264 g/mol. The number of aliphatic hydroxyl groups is 1. The molecule has 1 fully saturated rings.